The fourth-order valence-electron chi connectivity index (χ4n) is 1.66. The van der Waals surface area contributed by atoms with Crippen molar-refractivity contribution in [2.24, 2.45) is 0 Å². The van der Waals surface area contributed by atoms with Crippen LogP contribution >= 0.6 is 0 Å². The highest BCUT2D eigenvalue weighted by Gasteiger charge is 2.13. The van der Waals surface area contributed by atoms with Crippen molar-refractivity contribution in [1.29, 1.82) is 0 Å². The molecule has 0 bridgehead atoms. The number of nitrogens with two attached hydrogens (primary N) is 1. The average molecular weight is 242 g/mol. The zero-order chi connectivity index (χ0) is 13.1. The normalized spacial score (nSPS) is 10.1. The van der Waals surface area contributed by atoms with E-state index in [4.69, 9.17) is 5.73 Å². The number of amides is 1. The third-order valence-electron chi connectivity index (χ3n) is 2.68. The van der Waals surface area contributed by atoms with Gasteiger partial charge in [0.15, 0.2) is 0 Å². The molecule has 1 amide bonds. The third-order valence-corrected chi connectivity index (χ3v) is 2.68. The molecule has 92 valence electrons. The number of carbonyl (C=O) groups excluding carboxylic acids is 1. The number of hydrogen-bond acceptors (Lipinski definition) is 3. The van der Waals surface area contributed by atoms with E-state index in [-0.39, 0.29) is 11.7 Å². The molecule has 4 nitrogen and oxygen atoms in total. The van der Waals surface area contributed by atoms with Crippen LogP contribution in [0.1, 0.15) is 10.4 Å². The number of nitrogen functional groups attached to an aromatic ring is 1. The minimum absolute atomic E-state index is 0.145. The number of phenols is 1. The lowest BCUT2D eigenvalue weighted by atomic mass is 10.1. The van der Waals surface area contributed by atoms with Crippen molar-refractivity contribution in [2.45, 2.75) is 0 Å². The first-order chi connectivity index (χ1) is 8.58. The van der Waals surface area contributed by atoms with Gasteiger partial charge in [-0.3, -0.25) is 4.79 Å². The Hall–Kier alpha value is -2.49. The predicted molar refractivity (Wildman–Crippen MR) is 71.7 cm³/mol. The molecule has 0 saturated carbocycles. The van der Waals surface area contributed by atoms with Gasteiger partial charge in [-0.05, 0) is 42.5 Å². The van der Waals surface area contributed by atoms with Crippen molar-refractivity contribution >= 4 is 17.3 Å². The summed E-state index contributed by atoms with van der Waals surface area (Å²) < 4.78 is 0. The number of carbonyl (C=O) groups is 1. The Balaban J connectivity index is 2.26. The van der Waals surface area contributed by atoms with E-state index < -0.39 is 0 Å². The zero-order valence-corrected chi connectivity index (χ0v) is 10.00. The predicted octanol–water partition coefficient (Wildman–Crippen LogP) is 2.25. The molecule has 3 N–H and O–H groups in total. The van der Waals surface area contributed by atoms with Gasteiger partial charge >= 0.3 is 0 Å². The monoisotopic (exact) mass is 242 g/mol. The van der Waals surface area contributed by atoms with Gasteiger partial charge in [0.25, 0.3) is 5.91 Å². The third kappa shape index (κ3) is 2.43. The van der Waals surface area contributed by atoms with Crippen molar-refractivity contribution in [3.05, 3.63) is 54.1 Å². The Kier molecular flexibility index (Phi) is 3.19. The summed E-state index contributed by atoms with van der Waals surface area (Å²) in [4.78, 5) is 13.7. The maximum atomic E-state index is 12.2. The summed E-state index contributed by atoms with van der Waals surface area (Å²) >= 11 is 0. The van der Waals surface area contributed by atoms with Crippen molar-refractivity contribution in [3.63, 3.8) is 0 Å². The quantitative estimate of drug-likeness (QED) is 0.794. The van der Waals surface area contributed by atoms with Crippen LogP contribution in [0.3, 0.4) is 0 Å². The summed E-state index contributed by atoms with van der Waals surface area (Å²) in [5, 5.41) is 9.21. The second kappa shape index (κ2) is 4.79. The molecule has 0 unspecified atom stereocenters. The number of rotatable bonds is 2. The molecule has 18 heavy (non-hydrogen) atoms. The standard InChI is InChI=1S/C14H14N2O2/c1-16(12-5-7-13(17)8-6-12)14(18)10-3-2-4-11(15)9-10/h2-9,17H,15H2,1H3. The Morgan fingerprint density at radius 2 is 1.83 bits per heavy atom. The number of benzene rings is 2. The molecule has 0 saturated heterocycles. The first-order valence-corrected chi connectivity index (χ1v) is 5.50. The van der Waals surface area contributed by atoms with E-state index in [1.54, 1.807) is 55.6 Å². The van der Waals surface area contributed by atoms with E-state index >= 15 is 0 Å². The van der Waals surface area contributed by atoms with Gasteiger partial charge < -0.3 is 15.7 Å². The molecule has 0 aliphatic heterocycles. The van der Waals surface area contributed by atoms with E-state index in [1.807, 2.05) is 0 Å². The van der Waals surface area contributed by atoms with E-state index in [2.05, 4.69) is 0 Å². The van der Waals surface area contributed by atoms with Gasteiger partial charge in [0, 0.05) is 24.0 Å². The van der Waals surface area contributed by atoms with Gasteiger partial charge in [-0.2, -0.15) is 0 Å². The van der Waals surface area contributed by atoms with Crippen LogP contribution in [-0.2, 0) is 0 Å². The summed E-state index contributed by atoms with van der Waals surface area (Å²) in [5.74, 6) is 0.0246. The Morgan fingerprint density at radius 3 is 2.44 bits per heavy atom. The van der Waals surface area contributed by atoms with Crippen molar-refractivity contribution in [3.8, 4) is 5.75 Å². The summed E-state index contributed by atoms with van der Waals surface area (Å²) in [5.41, 5.74) is 7.45. The second-order valence-corrected chi connectivity index (χ2v) is 4.01. The topological polar surface area (TPSA) is 66.6 Å². The molecule has 0 radical (unpaired) electrons. The lowest BCUT2D eigenvalue weighted by Crippen LogP contribution is -2.26. The molecule has 0 fully saturated rings. The molecular formula is C14H14N2O2. The van der Waals surface area contributed by atoms with Crippen LogP contribution < -0.4 is 10.6 Å². The van der Waals surface area contributed by atoms with Gasteiger partial charge in [0.2, 0.25) is 0 Å². The van der Waals surface area contributed by atoms with Gasteiger partial charge in [-0.1, -0.05) is 6.07 Å². The molecule has 2 rings (SSSR count). The Labute approximate surface area is 105 Å². The van der Waals surface area contributed by atoms with E-state index in [0.29, 0.717) is 16.9 Å². The highest BCUT2D eigenvalue weighted by molar-refractivity contribution is 6.06. The fraction of sp³-hybridized carbons (Fsp3) is 0.0714. The Morgan fingerprint density at radius 1 is 1.17 bits per heavy atom. The second-order valence-electron chi connectivity index (χ2n) is 4.01. The Bertz CT molecular complexity index is 564. The lowest BCUT2D eigenvalue weighted by molar-refractivity contribution is 0.0993. The fourth-order valence-corrected chi connectivity index (χ4v) is 1.66. The van der Waals surface area contributed by atoms with Gasteiger partial charge in [-0.25, -0.2) is 0 Å². The lowest BCUT2D eigenvalue weighted by Gasteiger charge is -2.17. The highest BCUT2D eigenvalue weighted by atomic mass is 16.3. The molecule has 0 aromatic heterocycles. The first-order valence-electron chi connectivity index (χ1n) is 5.50. The largest absolute Gasteiger partial charge is 0.508 e. The van der Waals surface area contributed by atoms with E-state index in [9.17, 15) is 9.90 Å². The number of nitrogens with zero attached hydrogens (tertiary/aromatic N) is 1. The maximum Gasteiger partial charge on any atom is 0.258 e. The minimum atomic E-state index is -0.145. The van der Waals surface area contributed by atoms with E-state index in [0.717, 1.165) is 0 Å². The maximum absolute atomic E-state index is 12.2. The number of anilines is 2. The summed E-state index contributed by atoms with van der Waals surface area (Å²) in [7, 11) is 1.68. The SMILES string of the molecule is CN(C(=O)c1cccc(N)c1)c1ccc(O)cc1. The van der Waals surface area contributed by atoms with Crippen molar-refractivity contribution in [1.82, 2.24) is 0 Å². The zero-order valence-electron chi connectivity index (χ0n) is 10.00. The molecular weight excluding hydrogens is 228 g/mol. The first kappa shape index (κ1) is 12.0. The van der Waals surface area contributed by atoms with Crippen LogP contribution in [0.15, 0.2) is 48.5 Å². The molecule has 2 aromatic rings. The van der Waals surface area contributed by atoms with Crippen LogP contribution in [-0.4, -0.2) is 18.1 Å². The molecule has 0 aliphatic rings. The highest BCUT2D eigenvalue weighted by Crippen LogP contribution is 2.19. The number of phenolic OH excluding ortho intramolecular Hbond substituents is 1. The van der Waals surface area contributed by atoms with Crippen LogP contribution in [0, 0.1) is 0 Å². The number of hydrogen-bond donors (Lipinski definition) is 2. The molecule has 0 atom stereocenters. The number of aromatic hydroxyl groups is 1. The summed E-state index contributed by atoms with van der Waals surface area (Å²) in [6.45, 7) is 0. The molecule has 4 heteroatoms. The van der Waals surface area contributed by atoms with Crippen molar-refractivity contribution < 1.29 is 9.90 Å². The van der Waals surface area contributed by atoms with Gasteiger partial charge in [0.05, 0.1) is 0 Å². The van der Waals surface area contributed by atoms with Crippen LogP contribution in [0.2, 0.25) is 0 Å². The summed E-state index contributed by atoms with van der Waals surface area (Å²) in [6, 6.07) is 13.3. The average Bonchev–Trinajstić information content (AvgIpc) is 2.38. The van der Waals surface area contributed by atoms with Gasteiger partial charge in [-0.15, -0.1) is 0 Å². The smallest absolute Gasteiger partial charge is 0.258 e. The van der Waals surface area contributed by atoms with Crippen LogP contribution in [0.4, 0.5) is 11.4 Å². The minimum Gasteiger partial charge on any atom is -0.508 e. The van der Waals surface area contributed by atoms with E-state index in [1.165, 1.54) is 4.90 Å². The molecule has 2 aromatic carbocycles. The molecule has 0 aliphatic carbocycles. The molecule has 0 spiro atoms. The molecule has 0 heterocycles. The van der Waals surface area contributed by atoms with Crippen LogP contribution in [0.25, 0.3) is 0 Å². The van der Waals surface area contributed by atoms with Gasteiger partial charge in [0.1, 0.15) is 5.75 Å². The summed E-state index contributed by atoms with van der Waals surface area (Å²) in [6.07, 6.45) is 0. The van der Waals surface area contributed by atoms with Crippen molar-refractivity contribution in [2.75, 3.05) is 17.7 Å². The van der Waals surface area contributed by atoms with Crippen LogP contribution in [0.5, 0.6) is 5.75 Å².